The number of allylic oxidation sites excluding steroid dienone is 1. The Hall–Kier alpha value is -4.11. The standard InChI is InChI=1S/C25H27N7O2/c1-16(2)9-18(11-26)25(33)30-7-5-21(6-8-30)32-17(3)22(14-29-32)19-10-23(34-4)24-20(12-27)13-28-31(24)15-19/h9-10,13-16,21H,5-8H2,1-4H3/b18-9-. The predicted octanol–water partition coefficient (Wildman–Crippen LogP) is 3.66. The molecular weight excluding hydrogens is 430 g/mol. The molecule has 4 heterocycles. The molecule has 1 aliphatic rings. The van der Waals surface area contributed by atoms with Crippen molar-refractivity contribution in [1.82, 2.24) is 24.3 Å². The van der Waals surface area contributed by atoms with Crippen molar-refractivity contribution in [3.63, 3.8) is 0 Å². The maximum absolute atomic E-state index is 12.7. The van der Waals surface area contributed by atoms with E-state index >= 15 is 0 Å². The molecule has 3 aromatic rings. The van der Waals surface area contributed by atoms with Gasteiger partial charge in [0, 0.05) is 36.1 Å². The fraction of sp³-hybridized carbons (Fsp3) is 0.400. The third-order valence-corrected chi connectivity index (χ3v) is 6.22. The number of amides is 1. The van der Waals surface area contributed by atoms with Gasteiger partial charge in [-0.2, -0.15) is 20.7 Å². The van der Waals surface area contributed by atoms with Crippen molar-refractivity contribution in [2.75, 3.05) is 20.2 Å². The summed E-state index contributed by atoms with van der Waals surface area (Å²) in [6, 6.07) is 6.26. The van der Waals surface area contributed by atoms with Crippen LogP contribution in [-0.4, -0.2) is 50.4 Å². The molecule has 4 rings (SSSR count). The highest BCUT2D eigenvalue weighted by Crippen LogP contribution is 2.33. The molecule has 0 radical (unpaired) electrons. The van der Waals surface area contributed by atoms with Crippen molar-refractivity contribution in [3.05, 3.63) is 47.6 Å². The van der Waals surface area contributed by atoms with Crippen molar-refractivity contribution in [3.8, 4) is 29.0 Å². The van der Waals surface area contributed by atoms with Crippen molar-refractivity contribution >= 4 is 11.4 Å². The fourth-order valence-corrected chi connectivity index (χ4v) is 4.52. The average Bonchev–Trinajstić information content (AvgIpc) is 3.44. The number of carbonyl (C=O) groups excluding carboxylic acids is 1. The second kappa shape index (κ2) is 9.40. The molecule has 34 heavy (non-hydrogen) atoms. The van der Waals surface area contributed by atoms with Crippen LogP contribution in [0.25, 0.3) is 16.6 Å². The number of aromatic nitrogens is 4. The van der Waals surface area contributed by atoms with Crippen LogP contribution in [0.4, 0.5) is 0 Å². The molecule has 9 heteroatoms. The van der Waals surface area contributed by atoms with Crippen LogP contribution in [0, 0.1) is 35.5 Å². The number of pyridine rings is 1. The summed E-state index contributed by atoms with van der Waals surface area (Å²) < 4.78 is 9.21. The lowest BCUT2D eigenvalue weighted by atomic mass is 10.0. The molecule has 1 amide bonds. The molecule has 1 aliphatic heterocycles. The van der Waals surface area contributed by atoms with Crippen molar-refractivity contribution in [2.24, 2.45) is 5.92 Å². The number of fused-ring (bicyclic) bond motifs is 1. The number of hydrogen-bond donors (Lipinski definition) is 0. The SMILES string of the molecule is COc1cc(-c2cnn(C3CCN(C(=O)/C(C#N)=C\C(C)C)CC3)c2C)cn2ncc(C#N)c12. The molecule has 1 fully saturated rings. The molecule has 0 bridgehead atoms. The highest BCUT2D eigenvalue weighted by Gasteiger charge is 2.27. The summed E-state index contributed by atoms with van der Waals surface area (Å²) in [5, 5.41) is 27.7. The van der Waals surface area contributed by atoms with Gasteiger partial charge in [0.1, 0.15) is 34.5 Å². The quantitative estimate of drug-likeness (QED) is 0.427. The maximum Gasteiger partial charge on any atom is 0.264 e. The van der Waals surface area contributed by atoms with Crippen LogP contribution >= 0.6 is 0 Å². The number of methoxy groups -OCH3 is 1. The minimum Gasteiger partial charge on any atom is -0.494 e. The summed E-state index contributed by atoms with van der Waals surface area (Å²) in [6.45, 7) is 7.10. The van der Waals surface area contributed by atoms with Crippen LogP contribution in [0.3, 0.4) is 0 Å². The monoisotopic (exact) mass is 457 g/mol. The average molecular weight is 458 g/mol. The second-order valence-electron chi connectivity index (χ2n) is 8.81. The zero-order chi connectivity index (χ0) is 24.4. The van der Waals surface area contributed by atoms with Gasteiger partial charge >= 0.3 is 0 Å². The molecule has 0 saturated carbocycles. The molecular formula is C25H27N7O2. The first-order valence-corrected chi connectivity index (χ1v) is 11.3. The Labute approximate surface area is 198 Å². The Morgan fingerprint density at radius 1 is 1.24 bits per heavy atom. The van der Waals surface area contributed by atoms with Crippen LogP contribution in [-0.2, 0) is 4.79 Å². The van der Waals surface area contributed by atoms with Crippen molar-refractivity contribution in [1.29, 1.82) is 10.5 Å². The van der Waals surface area contributed by atoms with E-state index in [4.69, 9.17) is 4.74 Å². The van der Waals surface area contributed by atoms with E-state index in [-0.39, 0.29) is 23.4 Å². The first-order chi connectivity index (χ1) is 16.4. The number of nitriles is 2. The second-order valence-corrected chi connectivity index (χ2v) is 8.81. The van der Waals surface area contributed by atoms with E-state index in [2.05, 4.69) is 16.3 Å². The molecule has 174 valence electrons. The summed E-state index contributed by atoms with van der Waals surface area (Å²) in [7, 11) is 1.58. The van der Waals surface area contributed by atoms with Crippen molar-refractivity contribution in [2.45, 2.75) is 39.7 Å². The van der Waals surface area contributed by atoms with Gasteiger partial charge in [-0.3, -0.25) is 9.48 Å². The molecule has 3 aromatic heterocycles. The highest BCUT2D eigenvalue weighted by molar-refractivity contribution is 5.97. The lowest BCUT2D eigenvalue weighted by molar-refractivity contribution is -0.128. The Morgan fingerprint density at radius 2 is 1.97 bits per heavy atom. The van der Waals surface area contributed by atoms with E-state index < -0.39 is 0 Å². The van der Waals surface area contributed by atoms with E-state index in [0.29, 0.717) is 29.9 Å². The Kier molecular flexibility index (Phi) is 6.38. The molecule has 0 atom stereocenters. The van der Waals surface area contributed by atoms with Crippen LogP contribution in [0.1, 0.15) is 44.0 Å². The van der Waals surface area contributed by atoms with Crippen LogP contribution in [0.15, 0.2) is 36.3 Å². The van der Waals surface area contributed by atoms with Crippen LogP contribution in [0.5, 0.6) is 5.75 Å². The van der Waals surface area contributed by atoms with Gasteiger partial charge in [0.15, 0.2) is 0 Å². The summed E-state index contributed by atoms with van der Waals surface area (Å²) in [4.78, 5) is 14.5. The molecule has 0 N–H and O–H groups in total. The number of hydrogen-bond acceptors (Lipinski definition) is 6. The van der Waals surface area contributed by atoms with Gasteiger partial charge in [-0.15, -0.1) is 0 Å². The Bertz CT molecular complexity index is 1340. The highest BCUT2D eigenvalue weighted by atomic mass is 16.5. The van der Waals surface area contributed by atoms with Gasteiger partial charge in [-0.1, -0.05) is 19.9 Å². The van der Waals surface area contributed by atoms with Crippen LogP contribution < -0.4 is 4.74 Å². The fourth-order valence-electron chi connectivity index (χ4n) is 4.52. The molecule has 0 spiro atoms. The maximum atomic E-state index is 12.7. The normalized spacial score (nSPS) is 14.9. The summed E-state index contributed by atoms with van der Waals surface area (Å²) in [5.74, 6) is 0.532. The summed E-state index contributed by atoms with van der Waals surface area (Å²) in [6.07, 6.45) is 8.49. The van der Waals surface area contributed by atoms with E-state index in [9.17, 15) is 15.3 Å². The number of ether oxygens (including phenoxy) is 1. The van der Waals surface area contributed by atoms with E-state index in [1.165, 1.54) is 6.20 Å². The third-order valence-electron chi connectivity index (χ3n) is 6.22. The first-order valence-electron chi connectivity index (χ1n) is 11.3. The topological polar surface area (TPSA) is 112 Å². The third kappa shape index (κ3) is 4.13. The lowest BCUT2D eigenvalue weighted by Crippen LogP contribution is -2.40. The zero-order valence-corrected chi connectivity index (χ0v) is 19.8. The summed E-state index contributed by atoms with van der Waals surface area (Å²) in [5.41, 5.74) is 4.17. The number of nitrogens with zero attached hydrogens (tertiary/aromatic N) is 7. The Balaban J connectivity index is 1.55. The van der Waals surface area contributed by atoms with Gasteiger partial charge in [0.2, 0.25) is 0 Å². The largest absolute Gasteiger partial charge is 0.494 e. The van der Waals surface area contributed by atoms with Crippen LogP contribution in [0.2, 0.25) is 0 Å². The number of carbonyl (C=O) groups is 1. The van der Waals surface area contributed by atoms with Gasteiger partial charge in [-0.25, -0.2) is 4.52 Å². The van der Waals surface area contributed by atoms with Gasteiger partial charge < -0.3 is 9.64 Å². The number of likely N-dealkylation sites (tertiary alicyclic amines) is 1. The van der Waals surface area contributed by atoms with Gasteiger partial charge in [0.05, 0.1) is 25.5 Å². The van der Waals surface area contributed by atoms with Gasteiger partial charge in [-0.05, 0) is 31.7 Å². The van der Waals surface area contributed by atoms with E-state index in [0.717, 1.165) is 29.7 Å². The molecule has 0 aliphatic carbocycles. The molecule has 0 aromatic carbocycles. The zero-order valence-electron chi connectivity index (χ0n) is 19.8. The molecule has 9 nitrogen and oxygen atoms in total. The number of piperidine rings is 1. The predicted molar refractivity (Wildman–Crippen MR) is 126 cm³/mol. The van der Waals surface area contributed by atoms with Crippen molar-refractivity contribution < 1.29 is 9.53 Å². The summed E-state index contributed by atoms with van der Waals surface area (Å²) >= 11 is 0. The molecule has 1 saturated heterocycles. The first kappa shape index (κ1) is 23.1. The minimum absolute atomic E-state index is 0.146. The van der Waals surface area contributed by atoms with Gasteiger partial charge in [0.25, 0.3) is 5.91 Å². The Morgan fingerprint density at radius 3 is 2.59 bits per heavy atom. The van der Waals surface area contributed by atoms with E-state index in [1.54, 1.807) is 22.6 Å². The minimum atomic E-state index is -0.191. The smallest absolute Gasteiger partial charge is 0.264 e. The lowest BCUT2D eigenvalue weighted by Gasteiger charge is -2.32. The molecule has 0 unspecified atom stereocenters. The van der Waals surface area contributed by atoms with E-state index in [1.807, 2.05) is 50.0 Å². The number of rotatable bonds is 5.